The molecule has 2 aliphatic heterocycles. The normalized spacial score (nSPS) is 28.1. The fourth-order valence-electron chi connectivity index (χ4n) is 6.10. The number of carbonyl (C=O) groups excluding carboxylic acids is 3. The van der Waals surface area contributed by atoms with E-state index in [4.69, 9.17) is 23.0 Å². The molecular weight excluding hydrogens is 563 g/mol. The van der Waals surface area contributed by atoms with Crippen molar-refractivity contribution in [3.63, 3.8) is 0 Å². The molecular formula is C30H53N2O9P. The van der Waals surface area contributed by atoms with Gasteiger partial charge in [-0.1, -0.05) is 52.4 Å². The number of amides is 1. The number of phosphoric ester groups is 1. The van der Waals surface area contributed by atoms with Crippen molar-refractivity contribution in [2.24, 2.45) is 16.2 Å². The Kier molecular flexibility index (Phi) is 12.9. The Balaban J connectivity index is 1.42. The van der Waals surface area contributed by atoms with E-state index in [1.54, 1.807) is 34.6 Å². The summed E-state index contributed by atoms with van der Waals surface area (Å²) in [6.07, 6.45) is 12.4. The van der Waals surface area contributed by atoms with E-state index in [9.17, 15) is 18.9 Å². The number of hydrogen-bond acceptors (Lipinski definition) is 10. The van der Waals surface area contributed by atoms with E-state index >= 15 is 0 Å². The summed E-state index contributed by atoms with van der Waals surface area (Å²) in [4.78, 5) is 37.4. The highest BCUT2D eigenvalue weighted by Crippen LogP contribution is 2.57. The molecule has 12 heteroatoms. The molecule has 3 rings (SSSR count). The average molecular weight is 617 g/mol. The second-order valence-corrected chi connectivity index (χ2v) is 15.4. The zero-order chi connectivity index (χ0) is 30.9. The standard InChI is InChI=1S/C30H53N2O9P/c1-28(2,3)27(35)38-22-40-42(36)39-21-29(4,5)25(41-42)26(34)32-19-13-24(33)37-20-14-23-30(17-12-18-31-23)15-10-8-6-7-9-11-16-30/h23,25,31H,6-22H2,1-5H3,(H,32,34)/t23?,25-,42+/m0/s1. The highest BCUT2D eigenvalue weighted by Gasteiger charge is 2.49. The fourth-order valence-corrected chi connectivity index (χ4v) is 7.61. The minimum absolute atomic E-state index is 0.00947. The van der Waals surface area contributed by atoms with Gasteiger partial charge >= 0.3 is 19.8 Å². The van der Waals surface area contributed by atoms with Crippen molar-refractivity contribution in [1.82, 2.24) is 10.6 Å². The van der Waals surface area contributed by atoms with E-state index in [1.807, 2.05) is 0 Å². The van der Waals surface area contributed by atoms with E-state index in [1.165, 1.54) is 64.2 Å². The van der Waals surface area contributed by atoms with Crippen molar-refractivity contribution in [3.05, 3.63) is 0 Å². The molecule has 0 aromatic carbocycles. The van der Waals surface area contributed by atoms with Gasteiger partial charge in [0.2, 0.25) is 12.7 Å². The molecule has 3 fully saturated rings. The van der Waals surface area contributed by atoms with Crippen LogP contribution in [0.25, 0.3) is 0 Å². The molecule has 242 valence electrons. The van der Waals surface area contributed by atoms with Crippen molar-refractivity contribution in [1.29, 1.82) is 0 Å². The van der Waals surface area contributed by atoms with Crippen LogP contribution < -0.4 is 10.6 Å². The molecule has 1 unspecified atom stereocenters. The van der Waals surface area contributed by atoms with Crippen LogP contribution in [0.3, 0.4) is 0 Å². The topological polar surface area (TPSA) is 138 Å². The molecule has 11 nitrogen and oxygen atoms in total. The first-order valence-corrected chi connectivity index (χ1v) is 17.1. The van der Waals surface area contributed by atoms with E-state index in [0.717, 1.165) is 13.0 Å². The summed E-state index contributed by atoms with van der Waals surface area (Å²) in [6, 6.07) is 0.361. The summed E-state index contributed by atoms with van der Waals surface area (Å²) in [7, 11) is -4.15. The van der Waals surface area contributed by atoms with Crippen molar-refractivity contribution < 1.29 is 42.0 Å². The average Bonchev–Trinajstić information content (AvgIpc) is 3.03. The Morgan fingerprint density at radius 1 is 0.976 bits per heavy atom. The first-order valence-electron chi connectivity index (χ1n) is 15.7. The van der Waals surface area contributed by atoms with Gasteiger partial charge in [-0.25, -0.2) is 9.09 Å². The number of piperidine rings is 1. The second-order valence-electron chi connectivity index (χ2n) is 13.8. The van der Waals surface area contributed by atoms with Gasteiger partial charge in [-0.05, 0) is 64.8 Å². The van der Waals surface area contributed by atoms with Crippen LogP contribution in [0.1, 0.15) is 112 Å². The Morgan fingerprint density at radius 2 is 1.62 bits per heavy atom. The van der Waals surface area contributed by atoms with Crippen LogP contribution in [0, 0.1) is 16.2 Å². The van der Waals surface area contributed by atoms with Gasteiger partial charge in [0, 0.05) is 18.0 Å². The summed E-state index contributed by atoms with van der Waals surface area (Å²) >= 11 is 0. The maximum Gasteiger partial charge on any atom is 0.478 e. The van der Waals surface area contributed by atoms with Crippen LogP contribution in [-0.4, -0.2) is 63.1 Å². The molecule has 0 bridgehead atoms. The van der Waals surface area contributed by atoms with Crippen LogP contribution in [0.15, 0.2) is 0 Å². The van der Waals surface area contributed by atoms with Crippen molar-refractivity contribution in [2.45, 2.75) is 124 Å². The van der Waals surface area contributed by atoms with Gasteiger partial charge in [0.05, 0.1) is 25.0 Å². The molecule has 42 heavy (non-hydrogen) atoms. The van der Waals surface area contributed by atoms with Crippen molar-refractivity contribution in [2.75, 3.05) is 33.1 Å². The molecule has 3 aliphatic rings. The fraction of sp³-hybridized carbons (Fsp3) is 0.900. The van der Waals surface area contributed by atoms with E-state index in [-0.39, 0.29) is 25.5 Å². The number of rotatable bonds is 10. The van der Waals surface area contributed by atoms with Gasteiger partial charge in [-0.2, -0.15) is 0 Å². The number of hydrogen-bond donors (Lipinski definition) is 2. The Labute approximate surface area is 251 Å². The molecule has 0 aromatic rings. The molecule has 0 aromatic heterocycles. The SMILES string of the molecule is CC(C)(C)C(=O)OCO[P@@]1(=O)OCC(C)(C)[C@H](C(=O)NCCC(=O)OCCC2NCCCC23CCCCCCCC3)O1. The molecule has 1 saturated carbocycles. The lowest BCUT2D eigenvalue weighted by molar-refractivity contribution is -0.163. The molecule has 2 saturated heterocycles. The predicted molar refractivity (Wildman–Crippen MR) is 157 cm³/mol. The predicted octanol–water partition coefficient (Wildman–Crippen LogP) is 5.41. The number of ether oxygens (including phenoxy) is 2. The molecule has 1 amide bonds. The van der Waals surface area contributed by atoms with Crippen LogP contribution >= 0.6 is 7.82 Å². The third kappa shape index (κ3) is 10.3. The largest absolute Gasteiger partial charge is 0.478 e. The molecule has 2 heterocycles. The van der Waals surface area contributed by atoms with Gasteiger partial charge in [-0.15, -0.1) is 0 Å². The maximum atomic E-state index is 13.0. The maximum absolute atomic E-state index is 13.0. The van der Waals surface area contributed by atoms with Gasteiger partial charge < -0.3 is 20.1 Å². The molecule has 2 N–H and O–H groups in total. The zero-order valence-electron chi connectivity index (χ0n) is 26.3. The molecule has 0 radical (unpaired) electrons. The van der Waals surface area contributed by atoms with Crippen LogP contribution in [-0.2, 0) is 42.0 Å². The summed E-state index contributed by atoms with van der Waals surface area (Å²) in [5.74, 6) is -1.46. The Hall–Kier alpha value is -1.52. The third-order valence-electron chi connectivity index (χ3n) is 8.67. The van der Waals surface area contributed by atoms with Crippen LogP contribution in [0.2, 0.25) is 0 Å². The smallest absolute Gasteiger partial charge is 0.466 e. The number of phosphoric acid groups is 1. The number of nitrogens with one attached hydrogen (secondary N) is 2. The monoisotopic (exact) mass is 616 g/mol. The first-order chi connectivity index (χ1) is 19.8. The van der Waals surface area contributed by atoms with Gasteiger partial charge in [0.1, 0.15) is 0 Å². The summed E-state index contributed by atoms with van der Waals surface area (Å²) in [5.41, 5.74) is -1.28. The van der Waals surface area contributed by atoms with E-state index < -0.39 is 43.4 Å². The number of carbonyl (C=O) groups is 3. The highest BCUT2D eigenvalue weighted by atomic mass is 31.2. The first kappa shape index (κ1) is 35.0. The third-order valence-corrected chi connectivity index (χ3v) is 10.0. The van der Waals surface area contributed by atoms with E-state index in [0.29, 0.717) is 18.1 Å². The van der Waals surface area contributed by atoms with Gasteiger partial charge in [0.15, 0.2) is 6.10 Å². The van der Waals surface area contributed by atoms with Gasteiger partial charge in [-0.3, -0.25) is 23.4 Å². The number of esters is 2. The lowest BCUT2D eigenvalue weighted by atomic mass is 9.67. The highest BCUT2D eigenvalue weighted by molar-refractivity contribution is 7.48. The van der Waals surface area contributed by atoms with Crippen LogP contribution in [0.4, 0.5) is 0 Å². The second kappa shape index (κ2) is 15.5. The zero-order valence-corrected chi connectivity index (χ0v) is 27.2. The summed E-state index contributed by atoms with van der Waals surface area (Å²) in [6.45, 7) is 9.19. The molecule has 3 atom stereocenters. The van der Waals surface area contributed by atoms with E-state index in [2.05, 4.69) is 10.6 Å². The molecule has 1 spiro atoms. The minimum Gasteiger partial charge on any atom is -0.466 e. The Morgan fingerprint density at radius 3 is 2.29 bits per heavy atom. The minimum atomic E-state index is -4.15. The van der Waals surface area contributed by atoms with Crippen molar-refractivity contribution in [3.8, 4) is 0 Å². The van der Waals surface area contributed by atoms with Crippen LogP contribution in [0.5, 0.6) is 0 Å². The summed E-state index contributed by atoms with van der Waals surface area (Å²) in [5, 5.41) is 6.41. The van der Waals surface area contributed by atoms with Gasteiger partial charge in [0.25, 0.3) is 0 Å². The molecule has 1 aliphatic carbocycles. The Bertz CT molecular complexity index is 955. The van der Waals surface area contributed by atoms with Crippen molar-refractivity contribution >= 4 is 25.7 Å². The summed E-state index contributed by atoms with van der Waals surface area (Å²) < 4.78 is 39.4. The lowest BCUT2D eigenvalue weighted by Gasteiger charge is -2.45. The lowest BCUT2D eigenvalue weighted by Crippen LogP contribution is -2.50. The quantitative estimate of drug-likeness (QED) is 0.186.